The van der Waals surface area contributed by atoms with Crippen LogP contribution in [-0.4, -0.2) is 18.5 Å². The molecule has 0 unspecified atom stereocenters. The van der Waals surface area contributed by atoms with Gasteiger partial charge in [-0.1, -0.05) is 15.9 Å². The summed E-state index contributed by atoms with van der Waals surface area (Å²) in [5.74, 6) is 0.134. The molecule has 0 saturated carbocycles. The minimum atomic E-state index is -0.573. The van der Waals surface area contributed by atoms with Crippen molar-refractivity contribution >= 4 is 33.5 Å². The molecule has 22 heavy (non-hydrogen) atoms. The summed E-state index contributed by atoms with van der Waals surface area (Å²) in [6, 6.07) is 7.02. The van der Waals surface area contributed by atoms with E-state index in [0.717, 1.165) is 10.0 Å². The molecule has 0 aliphatic heterocycles. The van der Waals surface area contributed by atoms with Crippen LogP contribution in [0.25, 0.3) is 0 Å². The summed E-state index contributed by atoms with van der Waals surface area (Å²) in [7, 11) is 0. The molecule has 1 aromatic carbocycles. The summed E-state index contributed by atoms with van der Waals surface area (Å²) in [5.41, 5.74) is 1.99. The van der Waals surface area contributed by atoms with Gasteiger partial charge in [-0.15, -0.1) is 0 Å². The van der Waals surface area contributed by atoms with Gasteiger partial charge in [-0.2, -0.15) is 0 Å². The maximum atomic E-state index is 11.9. The van der Waals surface area contributed by atoms with E-state index in [1.165, 1.54) is 0 Å². The smallest absolute Gasteiger partial charge is 0.342 e. The Morgan fingerprint density at radius 2 is 1.95 bits per heavy atom. The van der Waals surface area contributed by atoms with E-state index in [2.05, 4.69) is 21.2 Å². The quantitative estimate of drug-likeness (QED) is 0.837. The minimum absolute atomic E-state index is 0.338. The molecular weight excluding hydrogens is 350 g/mol. The number of aryl methyl sites for hydroxylation is 3. The lowest BCUT2D eigenvalue weighted by molar-refractivity contribution is -0.119. The first kappa shape index (κ1) is 16.3. The number of amides is 1. The summed E-state index contributed by atoms with van der Waals surface area (Å²) in [4.78, 5) is 23.7. The van der Waals surface area contributed by atoms with Crippen molar-refractivity contribution < 1.29 is 18.7 Å². The van der Waals surface area contributed by atoms with Crippen molar-refractivity contribution in [2.24, 2.45) is 0 Å². The van der Waals surface area contributed by atoms with Gasteiger partial charge in [0.05, 0.1) is 0 Å². The third kappa shape index (κ3) is 3.98. The van der Waals surface area contributed by atoms with Gasteiger partial charge in [0.15, 0.2) is 6.61 Å². The van der Waals surface area contributed by atoms with Crippen LogP contribution in [0.5, 0.6) is 0 Å². The van der Waals surface area contributed by atoms with Gasteiger partial charge in [-0.3, -0.25) is 4.79 Å². The topological polar surface area (TPSA) is 68.5 Å². The fraction of sp³-hybridized carbons (Fsp3) is 0.250. The van der Waals surface area contributed by atoms with E-state index in [0.29, 0.717) is 22.8 Å². The Balaban J connectivity index is 1.91. The number of carbonyl (C=O) groups is 2. The molecule has 0 bridgehead atoms. The molecular formula is C16H16BrNO4. The number of furan rings is 1. The van der Waals surface area contributed by atoms with E-state index in [1.54, 1.807) is 26.0 Å². The van der Waals surface area contributed by atoms with E-state index in [9.17, 15) is 9.59 Å². The van der Waals surface area contributed by atoms with Crippen LogP contribution in [0.15, 0.2) is 33.2 Å². The van der Waals surface area contributed by atoms with Gasteiger partial charge < -0.3 is 14.5 Å². The lowest BCUT2D eigenvalue weighted by Crippen LogP contribution is -2.21. The van der Waals surface area contributed by atoms with E-state index < -0.39 is 11.9 Å². The molecule has 2 aromatic rings. The molecule has 116 valence electrons. The summed E-state index contributed by atoms with van der Waals surface area (Å²) < 4.78 is 11.2. The van der Waals surface area contributed by atoms with Crippen LogP contribution in [0, 0.1) is 20.8 Å². The van der Waals surface area contributed by atoms with Crippen LogP contribution in [0.4, 0.5) is 5.69 Å². The fourth-order valence-electron chi connectivity index (χ4n) is 1.96. The van der Waals surface area contributed by atoms with Crippen molar-refractivity contribution in [3.63, 3.8) is 0 Å². The molecule has 0 saturated heterocycles. The molecule has 0 radical (unpaired) electrons. The predicted molar refractivity (Wildman–Crippen MR) is 86.0 cm³/mol. The summed E-state index contributed by atoms with van der Waals surface area (Å²) in [5, 5.41) is 2.68. The molecule has 0 spiro atoms. The Kier molecular flexibility index (Phi) is 5.03. The van der Waals surface area contributed by atoms with E-state index in [1.807, 2.05) is 19.1 Å². The second-order valence-corrected chi connectivity index (χ2v) is 5.77. The zero-order valence-electron chi connectivity index (χ0n) is 12.5. The van der Waals surface area contributed by atoms with Gasteiger partial charge in [0.1, 0.15) is 17.1 Å². The van der Waals surface area contributed by atoms with E-state index in [-0.39, 0.29) is 6.61 Å². The molecule has 0 atom stereocenters. The Hall–Kier alpha value is -2.08. The Morgan fingerprint density at radius 1 is 1.23 bits per heavy atom. The number of hydrogen-bond donors (Lipinski definition) is 1. The highest BCUT2D eigenvalue weighted by Crippen LogP contribution is 2.20. The molecule has 0 aliphatic carbocycles. The lowest BCUT2D eigenvalue weighted by atomic mass is 10.2. The SMILES string of the molecule is Cc1cc(C(=O)OCC(=O)Nc2ccc(Br)c(C)c2)c(C)o1. The number of halogens is 1. The van der Waals surface area contributed by atoms with Crippen LogP contribution in [0.2, 0.25) is 0 Å². The number of esters is 1. The molecule has 6 heteroatoms. The number of anilines is 1. The van der Waals surface area contributed by atoms with Crippen LogP contribution >= 0.6 is 15.9 Å². The largest absolute Gasteiger partial charge is 0.466 e. The Bertz CT molecular complexity index is 721. The van der Waals surface area contributed by atoms with Gasteiger partial charge in [-0.25, -0.2) is 4.79 Å². The van der Waals surface area contributed by atoms with Gasteiger partial charge >= 0.3 is 5.97 Å². The lowest BCUT2D eigenvalue weighted by Gasteiger charge is -2.07. The highest BCUT2D eigenvalue weighted by molar-refractivity contribution is 9.10. The predicted octanol–water partition coefficient (Wildman–Crippen LogP) is 3.76. The summed E-state index contributed by atoms with van der Waals surface area (Å²) >= 11 is 3.39. The first-order valence-electron chi connectivity index (χ1n) is 6.67. The molecule has 5 nitrogen and oxygen atoms in total. The van der Waals surface area contributed by atoms with Crippen molar-refractivity contribution in [2.75, 3.05) is 11.9 Å². The van der Waals surface area contributed by atoms with Gasteiger partial charge in [-0.05, 0) is 50.6 Å². The number of hydrogen-bond acceptors (Lipinski definition) is 4. The molecule has 1 aromatic heterocycles. The van der Waals surface area contributed by atoms with Crippen LogP contribution < -0.4 is 5.32 Å². The zero-order valence-corrected chi connectivity index (χ0v) is 14.1. The maximum absolute atomic E-state index is 11.9. The van der Waals surface area contributed by atoms with Crippen molar-refractivity contribution in [3.05, 3.63) is 51.4 Å². The average Bonchev–Trinajstić information content (AvgIpc) is 2.79. The normalized spacial score (nSPS) is 10.4. The van der Waals surface area contributed by atoms with Crippen LogP contribution in [0.1, 0.15) is 27.4 Å². The number of ether oxygens (including phenoxy) is 1. The van der Waals surface area contributed by atoms with E-state index in [4.69, 9.17) is 9.15 Å². The van der Waals surface area contributed by atoms with Gasteiger partial charge in [0.25, 0.3) is 5.91 Å². The van der Waals surface area contributed by atoms with Crippen molar-refractivity contribution in [3.8, 4) is 0 Å². The molecule has 1 N–H and O–H groups in total. The first-order chi connectivity index (χ1) is 10.4. The van der Waals surface area contributed by atoms with Crippen molar-refractivity contribution in [2.45, 2.75) is 20.8 Å². The van der Waals surface area contributed by atoms with Crippen LogP contribution in [-0.2, 0) is 9.53 Å². The maximum Gasteiger partial charge on any atom is 0.342 e. The highest BCUT2D eigenvalue weighted by Gasteiger charge is 2.16. The highest BCUT2D eigenvalue weighted by atomic mass is 79.9. The van der Waals surface area contributed by atoms with Crippen molar-refractivity contribution in [1.82, 2.24) is 0 Å². The minimum Gasteiger partial charge on any atom is -0.466 e. The number of rotatable bonds is 4. The average molecular weight is 366 g/mol. The first-order valence-corrected chi connectivity index (χ1v) is 7.46. The van der Waals surface area contributed by atoms with Gasteiger partial charge in [0.2, 0.25) is 0 Å². The molecule has 0 fully saturated rings. The molecule has 0 aliphatic rings. The zero-order chi connectivity index (χ0) is 16.3. The Morgan fingerprint density at radius 3 is 2.55 bits per heavy atom. The van der Waals surface area contributed by atoms with E-state index >= 15 is 0 Å². The second kappa shape index (κ2) is 6.79. The summed E-state index contributed by atoms with van der Waals surface area (Å²) in [6.45, 7) is 4.99. The molecule has 2 rings (SSSR count). The Labute approximate surface area is 136 Å². The third-order valence-electron chi connectivity index (χ3n) is 3.04. The number of nitrogens with one attached hydrogen (secondary N) is 1. The second-order valence-electron chi connectivity index (χ2n) is 4.92. The monoisotopic (exact) mass is 365 g/mol. The van der Waals surface area contributed by atoms with Gasteiger partial charge in [0, 0.05) is 10.2 Å². The number of carbonyl (C=O) groups excluding carboxylic acids is 2. The summed E-state index contributed by atoms with van der Waals surface area (Å²) in [6.07, 6.45) is 0. The molecule has 1 heterocycles. The standard InChI is InChI=1S/C16H16BrNO4/c1-9-6-12(4-5-14(9)17)18-15(19)8-21-16(20)13-7-10(2)22-11(13)3/h4-7H,8H2,1-3H3,(H,18,19). The molecule has 1 amide bonds. The third-order valence-corrected chi connectivity index (χ3v) is 3.93. The van der Waals surface area contributed by atoms with Crippen molar-refractivity contribution in [1.29, 1.82) is 0 Å². The fourth-order valence-corrected chi connectivity index (χ4v) is 2.21. The van der Waals surface area contributed by atoms with Crippen LogP contribution in [0.3, 0.4) is 0 Å². The number of benzene rings is 1.